The standard InChI is InChI=1S/C18H23ClN2/c19-11-14-5-1-2-6-15(14)12-20-13-16-9-10-21-18-8-4-3-7-17(16)18/h3-4,7-10,14-15,20H,1-2,5-6,11-13H2. The van der Waals surface area contributed by atoms with Crippen LogP contribution in [0.4, 0.5) is 0 Å². The summed E-state index contributed by atoms with van der Waals surface area (Å²) in [6.07, 6.45) is 7.23. The van der Waals surface area contributed by atoms with E-state index < -0.39 is 0 Å². The van der Waals surface area contributed by atoms with Gasteiger partial charge in [0.2, 0.25) is 0 Å². The Balaban J connectivity index is 1.61. The molecule has 2 aromatic rings. The quantitative estimate of drug-likeness (QED) is 0.830. The van der Waals surface area contributed by atoms with E-state index in [1.165, 1.54) is 36.6 Å². The number of fused-ring (bicyclic) bond motifs is 1. The Hall–Kier alpha value is -1.12. The van der Waals surface area contributed by atoms with Gasteiger partial charge in [-0.1, -0.05) is 31.0 Å². The molecular weight excluding hydrogens is 280 g/mol. The molecule has 2 nitrogen and oxygen atoms in total. The van der Waals surface area contributed by atoms with Gasteiger partial charge in [0.25, 0.3) is 0 Å². The molecule has 0 spiro atoms. The van der Waals surface area contributed by atoms with Gasteiger partial charge in [0, 0.05) is 24.0 Å². The van der Waals surface area contributed by atoms with E-state index in [0.29, 0.717) is 5.92 Å². The van der Waals surface area contributed by atoms with Crippen LogP contribution < -0.4 is 5.32 Å². The number of nitrogens with one attached hydrogen (secondary N) is 1. The van der Waals surface area contributed by atoms with Crippen molar-refractivity contribution in [3.63, 3.8) is 0 Å². The van der Waals surface area contributed by atoms with Crippen molar-refractivity contribution in [2.24, 2.45) is 11.8 Å². The molecule has 0 aliphatic heterocycles. The Bertz CT molecular complexity index is 579. The summed E-state index contributed by atoms with van der Waals surface area (Å²) in [6, 6.07) is 10.5. The van der Waals surface area contributed by atoms with Crippen LogP contribution in [0.25, 0.3) is 10.9 Å². The van der Waals surface area contributed by atoms with Gasteiger partial charge in [-0.05, 0) is 48.9 Å². The molecule has 1 N–H and O–H groups in total. The van der Waals surface area contributed by atoms with E-state index in [2.05, 4.69) is 34.6 Å². The maximum absolute atomic E-state index is 6.11. The summed E-state index contributed by atoms with van der Waals surface area (Å²) in [5.74, 6) is 2.25. The average Bonchev–Trinajstić information content (AvgIpc) is 2.55. The van der Waals surface area contributed by atoms with Gasteiger partial charge in [-0.15, -0.1) is 11.6 Å². The van der Waals surface area contributed by atoms with Gasteiger partial charge < -0.3 is 5.32 Å². The molecule has 21 heavy (non-hydrogen) atoms. The number of hydrogen-bond acceptors (Lipinski definition) is 2. The zero-order chi connectivity index (χ0) is 14.5. The lowest BCUT2D eigenvalue weighted by Gasteiger charge is -2.30. The van der Waals surface area contributed by atoms with E-state index in [0.717, 1.165) is 30.4 Å². The molecule has 1 heterocycles. The topological polar surface area (TPSA) is 24.9 Å². The van der Waals surface area contributed by atoms with Crippen molar-refractivity contribution in [3.05, 3.63) is 42.1 Å². The Kier molecular flexibility index (Phi) is 5.10. The third kappa shape index (κ3) is 3.56. The zero-order valence-corrected chi connectivity index (χ0v) is 13.1. The monoisotopic (exact) mass is 302 g/mol. The molecular formula is C18H23ClN2. The number of rotatable bonds is 5. The van der Waals surface area contributed by atoms with Crippen LogP contribution in [0.15, 0.2) is 36.5 Å². The van der Waals surface area contributed by atoms with Crippen LogP contribution >= 0.6 is 11.6 Å². The zero-order valence-electron chi connectivity index (χ0n) is 12.4. The molecule has 1 aliphatic carbocycles. The molecule has 2 unspecified atom stereocenters. The summed E-state index contributed by atoms with van der Waals surface area (Å²) in [7, 11) is 0. The summed E-state index contributed by atoms with van der Waals surface area (Å²) in [4.78, 5) is 4.42. The molecule has 1 aromatic heterocycles. The van der Waals surface area contributed by atoms with Crippen LogP contribution in [0, 0.1) is 11.8 Å². The predicted molar refractivity (Wildman–Crippen MR) is 89.6 cm³/mol. The first-order valence-electron chi connectivity index (χ1n) is 7.98. The van der Waals surface area contributed by atoms with Crippen molar-refractivity contribution in [3.8, 4) is 0 Å². The second-order valence-corrected chi connectivity index (χ2v) is 6.39. The number of hydrogen-bond donors (Lipinski definition) is 1. The highest BCUT2D eigenvalue weighted by Gasteiger charge is 2.23. The van der Waals surface area contributed by atoms with E-state index in [-0.39, 0.29) is 0 Å². The minimum absolute atomic E-state index is 0.696. The highest BCUT2D eigenvalue weighted by Crippen LogP contribution is 2.30. The number of alkyl halides is 1. The number of pyridine rings is 1. The lowest BCUT2D eigenvalue weighted by molar-refractivity contribution is 0.251. The summed E-state index contributed by atoms with van der Waals surface area (Å²) >= 11 is 6.11. The third-order valence-electron chi connectivity index (χ3n) is 4.73. The van der Waals surface area contributed by atoms with Crippen LogP contribution in [-0.2, 0) is 6.54 Å². The van der Waals surface area contributed by atoms with Gasteiger partial charge in [-0.3, -0.25) is 4.98 Å². The fraction of sp³-hybridized carbons (Fsp3) is 0.500. The van der Waals surface area contributed by atoms with Crippen LogP contribution in [0.5, 0.6) is 0 Å². The lowest BCUT2D eigenvalue weighted by Crippen LogP contribution is -2.31. The van der Waals surface area contributed by atoms with Crippen molar-refractivity contribution >= 4 is 22.5 Å². The summed E-state index contributed by atoms with van der Waals surface area (Å²) in [5.41, 5.74) is 2.41. The van der Waals surface area contributed by atoms with E-state index in [1.54, 1.807) is 0 Å². The van der Waals surface area contributed by atoms with E-state index in [4.69, 9.17) is 11.6 Å². The van der Waals surface area contributed by atoms with E-state index in [9.17, 15) is 0 Å². The van der Waals surface area contributed by atoms with Crippen LogP contribution in [-0.4, -0.2) is 17.4 Å². The summed E-state index contributed by atoms with van der Waals surface area (Å²) < 4.78 is 0. The van der Waals surface area contributed by atoms with Gasteiger partial charge in [-0.2, -0.15) is 0 Å². The highest BCUT2D eigenvalue weighted by molar-refractivity contribution is 6.18. The molecule has 0 bridgehead atoms. The predicted octanol–water partition coefficient (Wildman–Crippen LogP) is 4.37. The first-order chi connectivity index (χ1) is 10.4. The minimum Gasteiger partial charge on any atom is -0.312 e. The fourth-order valence-electron chi connectivity index (χ4n) is 3.46. The molecule has 1 aliphatic rings. The van der Waals surface area contributed by atoms with E-state index in [1.807, 2.05) is 12.3 Å². The van der Waals surface area contributed by atoms with Crippen molar-refractivity contribution in [1.29, 1.82) is 0 Å². The molecule has 1 fully saturated rings. The third-order valence-corrected chi connectivity index (χ3v) is 5.12. The molecule has 0 amide bonds. The van der Waals surface area contributed by atoms with Gasteiger partial charge in [0.05, 0.1) is 5.52 Å². The first-order valence-corrected chi connectivity index (χ1v) is 8.51. The largest absolute Gasteiger partial charge is 0.312 e. The number of halogens is 1. The van der Waals surface area contributed by atoms with Crippen molar-refractivity contribution in [2.75, 3.05) is 12.4 Å². The summed E-state index contributed by atoms with van der Waals surface area (Å²) in [6.45, 7) is 1.99. The summed E-state index contributed by atoms with van der Waals surface area (Å²) in [5, 5.41) is 4.90. The van der Waals surface area contributed by atoms with E-state index >= 15 is 0 Å². The van der Waals surface area contributed by atoms with Crippen molar-refractivity contribution in [2.45, 2.75) is 32.2 Å². The van der Waals surface area contributed by atoms with Crippen molar-refractivity contribution < 1.29 is 0 Å². The van der Waals surface area contributed by atoms with Gasteiger partial charge in [0.15, 0.2) is 0 Å². The van der Waals surface area contributed by atoms with Crippen molar-refractivity contribution in [1.82, 2.24) is 10.3 Å². The molecule has 2 atom stereocenters. The van der Waals surface area contributed by atoms with Crippen LogP contribution in [0.3, 0.4) is 0 Å². The smallest absolute Gasteiger partial charge is 0.0705 e. The minimum atomic E-state index is 0.696. The Morgan fingerprint density at radius 1 is 1.10 bits per heavy atom. The Labute approximate surface area is 131 Å². The molecule has 1 aromatic carbocycles. The molecule has 0 saturated heterocycles. The maximum Gasteiger partial charge on any atom is 0.0705 e. The van der Waals surface area contributed by atoms with Gasteiger partial charge in [-0.25, -0.2) is 0 Å². The molecule has 3 heteroatoms. The second-order valence-electron chi connectivity index (χ2n) is 6.08. The SMILES string of the molecule is ClCC1CCCCC1CNCc1ccnc2ccccc12. The molecule has 0 radical (unpaired) electrons. The number of para-hydroxylation sites is 1. The average molecular weight is 303 g/mol. The molecule has 1 saturated carbocycles. The molecule has 3 rings (SSSR count). The van der Waals surface area contributed by atoms with Crippen LogP contribution in [0.2, 0.25) is 0 Å². The van der Waals surface area contributed by atoms with Crippen LogP contribution in [0.1, 0.15) is 31.2 Å². The normalized spacial score (nSPS) is 22.5. The first kappa shape index (κ1) is 14.8. The second kappa shape index (κ2) is 7.24. The Morgan fingerprint density at radius 2 is 1.90 bits per heavy atom. The van der Waals surface area contributed by atoms with Gasteiger partial charge >= 0.3 is 0 Å². The Morgan fingerprint density at radius 3 is 2.76 bits per heavy atom. The number of aromatic nitrogens is 1. The maximum atomic E-state index is 6.11. The lowest BCUT2D eigenvalue weighted by atomic mass is 9.80. The fourth-order valence-corrected chi connectivity index (χ4v) is 3.86. The van der Waals surface area contributed by atoms with Gasteiger partial charge in [0.1, 0.15) is 0 Å². The number of benzene rings is 1. The molecule has 112 valence electrons. The highest BCUT2D eigenvalue weighted by atomic mass is 35.5. The number of nitrogens with zero attached hydrogens (tertiary/aromatic N) is 1.